The predicted molar refractivity (Wildman–Crippen MR) is 79.4 cm³/mol. The van der Waals surface area contributed by atoms with Gasteiger partial charge in [-0.2, -0.15) is 13.2 Å². The van der Waals surface area contributed by atoms with E-state index in [1.807, 2.05) is 18.7 Å². The van der Waals surface area contributed by atoms with Gasteiger partial charge in [-0.15, -0.1) is 0 Å². The quantitative estimate of drug-likeness (QED) is 0.693. The number of hydrogen-bond acceptors (Lipinski definition) is 2. The third-order valence-corrected chi connectivity index (χ3v) is 7.85. The van der Waals surface area contributed by atoms with Crippen molar-refractivity contribution >= 4 is 24.0 Å². The highest BCUT2D eigenvalue weighted by Crippen LogP contribution is 2.28. The van der Waals surface area contributed by atoms with Crippen LogP contribution >= 0.6 is 0 Å². The third kappa shape index (κ3) is 2.39. The lowest BCUT2D eigenvalue weighted by Crippen LogP contribution is -2.64. The van der Waals surface area contributed by atoms with Crippen molar-refractivity contribution in [1.29, 1.82) is 0 Å². The molecule has 2 heterocycles. The molecule has 0 aliphatic heterocycles. The molecule has 3 aromatic rings. The van der Waals surface area contributed by atoms with Gasteiger partial charge >= 0.3 is 6.18 Å². The molecule has 0 spiro atoms. The van der Waals surface area contributed by atoms with Crippen LogP contribution in [0.2, 0.25) is 6.55 Å². The van der Waals surface area contributed by atoms with Crippen LogP contribution in [0.25, 0.3) is 0 Å². The summed E-state index contributed by atoms with van der Waals surface area (Å²) in [5.41, 5.74) is -0.661. The second-order valence-electron chi connectivity index (χ2n) is 5.15. The van der Waals surface area contributed by atoms with E-state index in [-0.39, 0.29) is 0 Å². The lowest BCUT2D eigenvalue weighted by molar-refractivity contribution is -0.137. The Hall–Kier alpha value is -2.21. The molecule has 0 bridgehead atoms. The number of rotatable bonds is 3. The number of hydrogen-bond donors (Lipinski definition) is 0. The average Bonchev–Trinajstić information content (AvgIpc) is 3.19. The molecule has 6 heteroatoms. The molecule has 2 nitrogen and oxygen atoms in total. The molecule has 0 fully saturated rings. The Morgan fingerprint density at radius 2 is 1.32 bits per heavy atom. The van der Waals surface area contributed by atoms with Gasteiger partial charge in [0.15, 0.2) is 0 Å². The topological polar surface area (TPSA) is 26.3 Å². The van der Waals surface area contributed by atoms with E-state index in [1.165, 1.54) is 12.1 Å². The molecule has 114 valence electrons. The Bertz CT molecular complexity index is 695. The fourth-order valence-electron chi connectivity index (χ4n) is 2.52. The van der Waals surface area contributed by atoms with Crippen LogP contribution in [0.5, 0.6) is 0 Å². The van der Waals surface area contributed by atoms with E-state index in [0.29, 0.717) is 0 Å². The summed E-state index contributed by atoms with van der Waals surface area (Å²) < 4.78 is 49.3. The zero-order chi connectivity index (χ0) is 15.8. The molecule has 0 radical (unpaired) electrons. The number of alkyl halides is 3. The summed E-state index contributed by atoms with van der Waals surface area (Å²) in [5, 5.41) is 2.27. The number of benzene rings is 1. The van der Waals surface area contributed by atoms with Crippen molar-refractivity contribution in [3.05, 3.63) is 66.6 Å². The van der Waals surface area contributed by atoms with Crippen LogP contribution in [0.4, 0.5) is 13.2 Å². The Kier molecular flexibility index (Phi) is 3.48. The van der Waals surface area contributed by atoms with E-state index in [9.17, 15) is 13.2 Å². The zero-order valence-corrected chi connectivity index (χ0v) is 12.7. The van der Waals surface area contributed by atoms with Crippen LogP contribution in [-0.2, 0) is 6.18 Å². The Labute approximate surface area is 126 Å². The van der Waals surface area contributed by atoms with Gasteiger partial charge in [0.1, 0.15) is 0 Å². The van der Waals surface area contributed by atoms with Gasteiger partial charge in [-0.05, 0) is 29.5 Å². The molecule has 0 aliphatic rings. The van der Waals surface area contributed by atoms with E-state index < -0.39 is 19.8 Å². The summed E-state index contributed by atoms with van der Waals surface area (Å²) in [4.78, 5) is 0. The maximum Gasteiger partial charge on any atom is 0.416 e. The van der Waals surface area contributed by atoms with Crippen molar-refractivity contribution in [3.63, 3.8) is 0 Å². The Morgan fingerprint density at radius 1 is 0.818 bits per heavy atom. The van der Waals surface area contributed by atoms with Crippen molar-refractivity contribution in [2.24, 2.45) is 0 Å². The lowest BCUT2D eigenvalue weighted by atomic mass is 10.2. The van der Waals surface area contributed by atoms with Gasteiger partial charge in [0.05, 0.1) is 28.9 Å². The number of furan rings is 2. The summed E-state index contributed by atoms with van der Waals surface area (Å²) >= 11 is 0. The molecule has 3 rings (SSSR count). The van der Waals surface area contributed by atoms with E-state index >= 15 is 0 Å². The highest BCUT2D eigenvalue weighted by molar-refractivity contribution is 7.09. The molecule has 0 atom stereocenters. The van der Waals surface area contributed by atoms with Gasteiger partial charge in [0, 0.05) is 0 Å². The van der Waals surface area contributed by atoms with E-state index in [2.05, 4.69) is 0 Å². The first-order chi connectivity index (χ1) is 10.4. The molecule has 0 unspecified atom stereocenters. The van der Waals surface area contributed by atoms with Crippen LogP contribution in [0.1, 0.15) is 5.56 Å². The molecule has 0 amide bonds. The van der Waals surface area contributed by atoms with Crippen molar-refractivity contribution in [3.8, 4) is 0 Å². The minimum atomic E-state index is -4.34. The third-order valence-electron chi connectivity index (χ3n) is 3.82. The van der Waals surface area contributed by atoms with Gasteiger partial charge in [0.2, 0.25) is 8.07 Å². The van der Waals surface area contributed by atoms with Gasteiger partial charge < -0.3 is 8.83 Å². The Balaban J connectivity index is 2.12. The van der Waals surface area contributed by atoms with E-state index in [1.54, 1.807) is 24.7 Å². The summed E-state index contributed by atoms with van der Waals surface area (Å²) in [6.45, 7) is 1.99. The Morgan fingerprint density at radius 3 is 1.68 bits per heavy atom. The van der Waals surface area contributed by atoms with Crippen molar-refractivity contribution in [2.75, 3.05) is 0 Å². The average molecular weight is 322 g/mol. The fraction of sp³-hybridized carbons (Fsp3) is 0.125. The first-order valence-electron chi connectivity index (χ1n) is 6.68. The van der Waals surface area contributed by atoms with Gasteiger partial charge in [-0.1, -0.05) is 30.8 Å². The second kappa shape index (κ2) is 5.21. The summed E-state index contributed by atoms with van der Waals surface area (Å²) in [7, 11) is -2.56. The standard InChI is InChI=1S/C16H13F3O2Si/c1-22(14-4-2-10-20-14,15-5-3-11-21-15)13-8-6-12(7-9-13)16(17,18)19/h2-11H,1H3. The largest absolute Gasteiger partial charge is 0.473 e. The van der Waals surface area contributed by atoms with Gasteiger partial charge in [-0.25, -0.2) is 0 Å². The molecule has 0 aliphatic carbocycles. The SMILES string of the molecule is C[Si](c1ccc(C(F)(F)F)cc1)(c1ccco1)c1ccco1. The molecular weight excluding hydrogens is 309 g/mol. The molecule has 1 aromatic carbocycles. The normalized spacial score (nSPS) is 12.5. The first kappa shape index (κ1) is 14.7. The minimum Gasteiger partial charge on any atom is -0.473 e. The van der Waals surface area contributed by atoms with Crippen molar-refractivity contribution in [1.82, 2.24) is 0 Å². The molecular formula is C16H13F3O2Si. The van der Waals surface area contributed by atoms with Crippen molar-refractivity contribution in [2.45, 2.75) is 12.7 Å². The highest BCUT2D eigenvalue weighted by Gasteiger charge is 2.41. The minimum absolute atomic E-state index is 0.661. The molecule has 0 saturated carbocycles. The first-order valence-corrected chi connectivity index (χ1v) is 9.18. The second-order valence-corrected chi connectivity index (χ2v) is 8.97. The summed E-state index contributed by atoms with van der Waals surface area (Å²) in [6, 6.07) is 12.5. The molecule has 22 heavy (non-hydrogen) atoms. The van der Waals surface area contributed by atoms with E-state index in [0.717, 1.165) is 28.1 Å². The maximum absolute atomic E-state index is 12.7. The smallest absolute Gasteiger partial charge is 0.416 e. The maximum atomic E-state index is 12.7. The monoisotopic (exact) mass is 322 g/mol. The zero-order valence-electron chi connectivity index (χ0n) is 11.7. The number of halogens is 3. The summed E-state index contributed by atoms with van der Waals surface area (Å²) in [6.07, 6.45) is -1.22. The van der Waals surface area contributed by atoms with Crippen LogP contribution in [0.15, 0.2) is 69.9 Å². The highest BCUT2D eigenvalue weighted by atomic mass is 28.3. The van der Waals surface area contributed by atoms with Gasteiger partial charge in [-0.3, -0.25) is 0 Å². The van der Waals surface area contributed by atoms with Crippen molar-refractivity contribution < 1.29 is 22.0 Å². The van der Waals surface area contributed by atoms with Crippen LogP contribution in [-0.4, -0.2) is 8.07 Å². The van der Waals surface area contributed by atoms with Crippen LogP contribution in [0, 0.1) is 0 Å². The molecule has 0 N–H and O–H groups in total. The van der Waals surface area contributed by atoms with Gasteiger partial charge in [0.25, 0.3) is 0 Å². The fourth-order valence-corrected chi connectivity index (χ4v) is 5.64. The van der Waals surface area contributed by atoms with Crippen LogP contribution in [0.3, 0.4) is 0 Å². The van der Waals surface area contributed by atoms with E-state index in [4.69, 9.17) is 8.83 Å². The molecule has 0 saturated heterocycles. The lowest BCUT2D eigenvalue weighted by Gasteiger charge is -2.23. The van der Waals surface area contributed by atoms with Crippen LogP contribution < -0.4 is 16.0 Å². The molecule has 2 aromatic heterocycles. The summed E-state index contributed by atoms with van der Waals surface area (Å²) in [5.74, 6) is 0. The predicted octanol–water partition coefficient (Wildman–Crippen LogP) is 2.99.